The summed E-state index contributed by atoms with van der Waals surface area (Å²) >= 11 is 5.83. The maximum atomic E-state index is 12.3. The fraction of sp³-hybridized carbons (Fsp3) is 0.500. The summed E-state index contributed by atoms with van der Waals surface area (Å²) in [6.07, 6.45) is 4.48. The molecule has 20 heavy (non-hydrogen) atoms. The molecule has 3 rings (SSSR count). The van der Waals surface area contributed by atoms with Crippen LogP contribution in [-0.2, 0) is 9.59 Å². The molecule has 2 aliphatic rings. The van der Waals surface area contributed by atoms with Crippen molar-refractivity contribution in [2.45, 2.75) is 32.1 Å². The molecule has 0 spiro atoms. The molecule has 1 amide bonds. The highest BCUT2D eigenvalue weighted by Crippen LogP contribution is 2.40. The van der Waals surface area contributed by atoms with E-state index >= 15 is 0 Å². The van der Waals surface area contributed by atoms with Gasteiger partial charge in [-0.25, -0.2) is 0 Å². The second-order valence-electron chi connectivity index (χ2n) is 5.89. The molecule has 2 saturated carbocycles. The van der Waals surface area contributed by atoms with Crippen LogP contribution in [0.15, 0.2) is 24.3 Å². The third-order valence-corrected chi connectivity index (χ3v) is 4.78. The number of halogens is 1. The predicted octanol–water partition coefficient (Wildman–Crippen LogP) is 3.67. The predicted molar refractivity (Wildman–Crippen MR) is 78.6 cm³/mol. The first-order valence-corrected chi connectivity index (χ1v) is 7.61. The third-order valence-electron chi connectivity index (χ3n) is 4.53. The van der Waals surface area contributed by atoms with Gasteiger partial charge in [-0.3, -0.25) is 9.59 Å². The summed E-state index contributed by atoms with van der Waals surface area (Å²) in [5, 5.41) is 3.59. The number of nitrogens with one attached hydrogen (secondary N) is 1. The number of carbonyl (C=O) groups is 2. The highest BCUT2D eigenvalue weighted by atomic mass is 35.5. The van der Waals surface area contributed by atoms with Crippen LogP contribution in [0.5, 0.6) is 0 Å². The fourth-order valence-electron chi connectivity index (χ4n) is 3.47. The van der Waals surface area contributed by atoms with Crippen LogP contribution in [0.4, 0.5) is 5.69 Å². The van der Waals surface area contributed by atoms with E-state index in [-0.39, 0.29) is 23.7 Å². The summed E-state index contributed by atoms with van der Waals surface area (Å²) in [6.45, 7) is 0. The number of anilines is 1. The number of benzene rings is 1. The van der Waals surface area contributed by atoms with Crippen LogP contribution in [0.1, 0.15) is 32.1 Å². The Hall–Kier alpha value is -1.35. The molecule has 0 aromatic heterocycles. The number of fused-ring (bicyclic) bond motifs is 2. The van der Waals surface area contributed by atoms with Crippen LogP contribution < -0.4 is 5.32 Å². The van der Waals surface area contributed by atoms with E-state index in [9.17, 15) is 9.59 Å². The minimum atomic E-state index is -0.0290. The average Bonchev–Trinajstić information content (AvgIpc) is 2.41. The zero-order valence-electron chi connectivity index (χ0n) is 11.3. The van der Waals surface area contributed by atoms with Gasteiger partial charge in [0.2, 0.25) is 5.91 Å². The van der Waals surface area contributed by atoms with Gasteiger partial charge in [-0.05, 0) is 49.9 Å². The monoisotopic (exact) mass is 291 g/mol. The van der Waals surface area contributed by atoms with Crippen molar-refractivity contribution >= 4 is 29.0 Å². The van der Waals surface area contributed by atoms with Crippen LogP contribution >= 0.6 is 11.6 Å². The first kappa shape index (κ1) is 13.6. The Morgan fingerprint density at radius 2 is 1.70 bits per heavy atom. The van der Waals surface area contributed by atoms with Crippen molar-refractivity contribution in [1.82, 2.24) is 0 Å². The minimum absolute atomic E-state index is 0.0290. The molecular weight excluding hydrogens is 274 g/mol. The van der Waals surface area contributed by atoms with E-state index in [2.05, 4.69) is 5.32 Å². The lowest BCUT2D eigenvalue weighted by Crippen LogP contribution is -2.40. The average molecular weight is 292 g/mol. The van der Waals surface area contributed by atoms with E-state index in [1.54, 1.807) is 24.3 Å². The fourth-order valence-corrected chi connectivity index (χ4v) is 3.60. The number of carbonyl (C=O) groups excluding carboxylic acids is 2. The standard InChI is InChI=1S/C16H18ClNO2/c17-13-4-6-14(7-5-13)18-16(20)12-8-10-2-1-3-11(9-12)15(10)19/h4-7,10-12H,1-3,8-9H2,(H,18,20)/t10-,11-/m1/s1. The summed E-state index contributed by atoms with van der Waals surface area (Å²) < 4.78 is 0. The Balaban J connectivity index is 1.66. The molecule has 2 fully saturated rings. The molecule has 1 aromatic carbocycles. The molecule has 0 saturated heterocycles. The van der Waals surface area contributed by atoms with E-state index in [1.807, 2.05) is 0 Å². The molecular formula is C16H18ClNO2. The molecule has 3 nitrogen and oxygen atoms in total. The Kier molecular flexibility index (Phi) is 3.79. The maximum absolute atomic E-state index is 12.3. The van der Waals surface area contributed by atoms with Gasteiger partial charge in [-0.1, -0.05) is 18.0 Å². The SMILES string of the molecule is O=C(Nc1ccc(Cl)cc1)C1C[C@H]2CCC[C@H](C1)C2=O. The highest BCUT2D eigenvalue weighted by Gasteiger charge is 2.41. The van der Waals surface area contributed by atoms with Crippen molar-refractivity contribution in [3.8, 4) is 0 Å². The van der Waals surface area contributed by atoms with Gasteiger partial charge in [-0.15, -0.1) is 0 Å². The van der Waals surface area contributed by atoms with Gasteiger partial charge in [0.15, 0.2) is 0 Å². The molecule has 4 heteroatoms. The minimum Gasteiger partial charge on any atom is -0.326 e. The number of Topliss-reactive ketones (excluding diaryl/α,β-unsaturated/α-hetero) is 1. The summed E-state index contributed by atoms with van der Waals surface area (Å²) in [4.78, 5) is 24.4. The Bertz CT molecular complexity index is 510. The largest absolute Gasteiger partial charge is 0.326 e. The number of amides is 1. The van der Waals surface area contributed by atoms with Crippen molar-refractivity contribution in [1.29, 1.82) is 0 Å². The maximum Gasteiger partial charge on any atom is 0.227 e. The van der Waals surface area contributed by atoms with Gasteiger partial charge in [0.1, 0.15) is 5.78 Å². The third kappa shape index (κ3) is 2.73. The molecule has 0 unspecified atom stereocenters. The molecule has 2 atom stereocenters. The molecule has 0 heterocycles. The lowest BCUT2D eigenvalue weighted by molar-refractivity contribution is -0.136. The van der Waals surface area contributed by atoms with Crippen LogP contribution in [0.3, 0.4) is 0 Å². The molecule has 106 valence electrons. The molecule has 2 bridgehead atoms. The summed E-state index contributed by atoms with van der Waals surface area (Å²) in [7, 11) is 0. The first-order chi connectivity index (χ1) is 9.63. The lowest BCUT2D eigenvalue weighted by atomic mass is 9.67. The molecule has 1 N–H and O–H groups in total. The Morgan fingerprint density at radius 1 is 1.10 bits per heavy atom. The number of hydrogen-bond donors (Lipinski definition) is 1. The number of ketones is 1. The van der Waals surface area contributed by atoms with Crippen LogP contribution in [0.2, 0.25) is 5.02 Å². The Morgan fingerprint density at radius 3 is 2.30 bits per heavy atom. The second kappa shape index (κ2) is 5.57. The molecule has 2 aliphatic carbocycles. The zero-order chi connectivity index (χ0) is 14.1. The van der Waals surface area contributed by atoms with E-state index in [0.29, 0.717) is 10.8 Å². The molecule has 0 aliphatic heterocycles. The Labute approximate surface area is 123 Å². The lowest BCUT2D eigenvalue weighted by Gasteiger charge is -2.36. The number of hydrogen-bond acceptors (Lipinski definition) is 2. The van der Waals surface area contributed by atoms with Gasteiger partial charge < -0.3 is 5.32 Å². The quantitative estimate of drug-likeness (QED) is 0.903. The van der Waals surface area contributed by atoms with Crippen molar-refractivity contribution in [3.63, 3.8) is 0 Å². The first-order valence-electron chi connectivity index (χ1n) is 7.23. The van der Waals surface area contributed by atoms with Gasteiger partial charge in [-0.2, -0.15) is 0 Å². The van der Waals surface area contributed by atoms with Gasteiger partial charge in [0.05, 0.1) is 0 Å². The second-order valence-corrected chi connectivity index (χ2v) is 6.33. The summed E-state index contributed by atoms with van der Waals surface area (Å²) in [6, 6.07) is 7.12. The van der Waals surface area contributed by atoms with Gasteiger partial charge in [0, 0.05) is 28.5 Å². The molecule has 0 radical (unpaired) electrons. The smallest absolute Gasteiger partial charge is 0.227 e. The van der Waals surface area contributed by atoms with Gasteiger partial charge in [0.25, 0.3) is 0 Å². The molecule has 1 aromatic rings. The van der Waals surface area contributed by atoms with E-state index in [0.717, 1.165) is 37.8 Å². The van der Waals surface area contributed by atoms with E-state index in [4.69, 9.17) is 11.6 Å². The summed E-state index contributed by atoms with van der Waals surface area (Å²) in [5.74, 6) is 0.633. The summed E-state index contributed by atoms with van der Waals surface area (Å²) in [5.41, 5.74) is 0.765. The van der Waals surface area contributed by atoms with Crippen LogP contribution in [0.25, 0.3) is 0 Å². The number of rotatable bonds is 2. The van der Waals surface area contributed by atoms with Crippen molar-refractivity contribution in [3.05, 3.63) is 29.3 Å². The van der Waals surface area contributed by atoms with Crippen molar-refractivity contribution in [2.24, 2.45) is 17.8 Å². The van der Waals surface area contributed by atoms with Crippen LogP contribution in [-0.4, -0.2) is 11.7 Å². The zero-order valence-corrected chi connectivity index (χ0v) is 12.0. The van der Waals surface area contributed by atoms with E-state index in [1.165, 1.54) is 0 Å². The topological polar surface area (TPSA) is 46.2 Å². The van der Waals surface area contributed by atoms with Crippen molar-refractivity contribution < 1.29 is 9.59 Å². The van der Waals surface area contributed by atoms with E-state index < -0.39 is 0 Å². The van der Waals surface area contributed by atoms with Crippen LogP contribution in [0, 0.1) is 17.8 Å². The highest BCUT2D eigenvalue weighted by molar-refractivity contribution is 6.30. The van der Waals surface area contributed by atoms with Gasteiger partial charge >= 0.3 is 0 Å². The normalized spacial score (nSPS) is 29.1. The van der Waals surface area contributed by atoms with Crippen molar-refractivity contribution in [2.75, 3.05) is 5.32 Å².